The lowest BCUT2D eigenvalue weighted by Crippen LogP contribution is -2.08. The van der Waals surface area contributed by atoms with E-state index in [1.807, 2.05) is 18.2 Å². The van der Waals surface area contributed by atoms with Crippen molar-refractivity contribution in [3.63, 3.8) is 0 Å². The number of nitrogens with zero attached hydrogens (tertiary/aromatic N) is 3. The molecule has 0 amide bonds. The third-order valence-corrected chi connectivity index (χ3v) is 2.38. The van der Waals surface area contributed by atoms with Gasteiger partial charge >= 0.3 is 0 Å². The molecule has 2 aromatic rings. The molecule has 80 valence electrons. The van der Waals surface area contributed by atoms with Crippen molar-refractivity contribution in [3.8, 4) is 0 Å². The van der Waals surface area contributed by atoms with Gasteiger partial charge in [0.05, 0.1) is 0 Å². The minimum atomic E-state index is 0.514. The lowest BCUT2D eigenvalue weighted by atomic mass is 10.1. The molecule has 4 heteroatoms. The monoisotopic (exact) mass is 204 g/mol. The van der Waals surface area contributed by atoms with Gasteiger partial charge in [0.25, 0.3) is 0 Å². The third-order valence-electron chi connectivity index (χ3n) is 2.38. The van der Waals surface area contributed by atoms with E-state index in [0.717, 1.165) is 23.6 Å². The summed E-state index contributed by atoms with van der Waals surface area (Å²) in [6.45, 7) is 4.86. The lowest BCUT2D eigenvalue weighted by Gasteiger charge is -2.06. The highest BCUT2D eigenvalue weighted by molar-refractivity contribution is 5.39. The zero-order valence-corrected chi connectivity index (χ0v) is 9.14. The van der Waals surface area contributed by atoms with Crippen LogP contribution in [0.25, 0.3) is 5.65 Å². The van der Waals surface area contributed by atoms with Crippen LogP contribution < -0.4 is 5.73 Å². The van der Waals surface area contributed by atoms with E-state index in [4.69, 9.17) is 5.73 Å². The predicted octanol–water partition coefficient (Wildman–Crippen LogP) is 1.39. The fourth-order valence-electron chi connectivity index (χ4n) is 1.73. The van der Waals surface area contributed by atoms with Gasteiger partial charge in [0, 0.05) is 18.7 Å². The highest BCUT2D eigenvalue weighted by Crippen LogP contribution is 2.11. The van der Waals surface area contributed by atoms with Crippen LogP contribution in [0.3, 0.4) is 0 Å². The molecule has 2 rings (SSSR count). The van der Waals surface area contributed by atoms with E-state index < -0.39 is 0 Å². The molecule has 15 heavy (non-hydrogen) atoms. The topological polar surface area (TPSA) is 56.2 Å². The van der Waals surface area contributed by atoms with Crippen molar-refractivity contribution < 1.29 is 0 Å². The first kappa shape index (κ1) is 10.1. The first-order valence-corrected chi connectivity index (χ1v) is 5.24. The molecule has 2 heterocycles. The van der Waals surface area contributed by atoms with Crippen LogP contribution in [-0.2, 0) is 13.0 Å². The van der Waals surface area contributed by atoms with Gasteiger partial charge in [-0.05, 0) is 18.1 Å². The number of nitrogens with two attached hydrogens (primary N) is 1. The Morgan fingerprint density at radius 1 is 1.33 bits per heavy atom. The SMILES string of the molecule is CC(C)Cc1nnc2cccc(CN)n12. The Balaban J connectivity index is 2.55. The molecular weight excluding hydrogens is 188 g/mol. The fraction of sp³-hybridized carbons (Fsp3) is 0.455. The predicted molar refractivity (Wildman–Crippen MR) is 59.4 cm³/mol. The summed E-state index contributed by atoms with van der Waals surface area (Å²) in [5, 5.41) is 8.34. The molecule has 0 bridgehead atoms. The van der Waals surface area contributed by atoms with Crippen molar-refractivity contribution in [3.05, 3.63) is 29.7 Å². The van der Waals surface area contributed by atoms with Crippen LogP contribution in [0.2, 0.25) is 0 Å². The normalized spacial score (nSPS) is 11.5. The summed E-state index contributed by atoms with van der Waals surface area (Å²) in [6.07, 6.45) is 0.929. The average molecular weight is 204 g/mol. The maximum absolute atomic E-state index is 5.70. The molecule has 0 fully saturated rings. The molecule has 2 N–H and O–H groups in total. The molecule has 0 aromatic carbocycles. The van der Waals surface area contributed by atoms with Gasteiger partial charge in [0.2, 0.25) is 0 Å². The van der Waals surface area contributed by atoms with Crippen LogP contribution in [0.15, 0.2) is 18.2 Å². The maximum atomic E-state index is 5.70. The molecule has 0 aliphatic carbocycles. The van der Waals surface area contributed by atoms with Gasteiger partial charge < -0.3 is 5.73 Å². The van der Waals surface area contributed by atoms with E-state index in [1.54, 1.807) is 0 Å². The van der Waals surface area contributed by atoms with Gasteiger partial charge in [-0.1, -0.05) is 19.9 Å². The number of aromatic nitrogens is 3. The lowest BCUT2D eigenvalue weighted by molar-refractivity contribution is 0.612. The number of hydrogen-bond acceptors (Lipinski definition) is 3. The maximum Gasteiger partial charge on any atom is 0.161 e. The highest BCUT2D eigenvalue weighted by atomic mass is 15.2. The van der Waals surface area contributed by atoms with Crippen molar-refractivity contribution in [1.29, 1.82) is 0 Å². The average Bonchev–Trinajstić information content (AvgIpc) is 2.61. The Morgan fingerprint density at radius 2 is 2.13 bits per heavy atom. The van der Waals surface area contributed by atoms with E-state index in [9.17, 15) is 0 Å². The summed E-state index contributed by atoms with van der Waals surface area (Å²) in [6, 6.07) is 5.93. The molecule has 0 spiro atoms. The number of pyridine rings is 1. The number of rotatable bonds is 3. The minimum Gasteiger partial charge on any atom is -0.325 e. The quantitative estimate of drug-likeness (QED) is 0.822. The van der Waals surface area contributed by atoms with Crippen molar-refractivity contribution in [2.45, 2.75) is 26.8 Å². The largest absolute Gasteiger partial charge is 0.325 e. The second-order valence-electron chi connectivity index (χ2n) is 4.13. The molecule has 0 saturated carbocycles. The van der Waals surface area contributed by atoms with Gasteiger partial charge in [0.1, 0.15) is 5.82 Å². The summed E-state index contributed by atoms with van der Waals surface area (Å²) >= 11 is 0. The molecule has 0 radical (unpaired) electrons. The van der Waals surface area contributed by atoms with E-state index in [0.29, 0.717) is 12.5 Å². The molecule has 0 atom stereocenters. The summed E-state index contributed by atoms with van der Waals surface area (Å²) in [7, 11) is 0. The Labute approximate surface area is 89.1 Å². The van der Waals surface area contributed by atoms with Gasteiger partial charge in [0.15, 0.2) is 5.65 Å². The second kappa shape index (κ2) is 3.98. The molecule has 0 saturated heterocycles. The van der Waals surface area contributed by atoms with Gasteiger partial charge in [-0.15, -0.1) is 10.2 Å². The van der Waals surface area contributed by atoms with Gasteiger partial charge in [-0.2, -0.15) is 0 Å². The van der Waals surface area contributed by atoms with Crippen molar-refractivity contribution in [2.75, 3.05) is 0 Å². The van der Waals surface area contributed by atoms with Crippen molar-refractivity contribution in [1.82, 2.24) is 14.6 Å². The summed E-state index contributed by atoms with van der Waals surface area (Å²) in [5.74, 6) is 1.57. The van der Waals surface area contributed by atoms with Crippen LogP contribution >= 0.6 is 0 Å². The van der Waals surface area contributed by atoms with Crippen LogP contribution in [0, 0.1) is 5.92 Å². The Bertz CT molecular complexity index is 459. The Morgan fingerprint density at radius 3 is 2.80 bits per heavy atom. The van der Waals surface area contributed by atoms with Crippen LogP contribution in [0.4, 0.5) is 0 Å². The van der Waals surface area contributed by atoms with Crippen molar-refractivity contribution in [2.24, 2.45) is 11.7 Å². The molecule has 0 aliphatic heterocycles. The second-order valence-corrected chi connectivity index (χ2v) is 4.13. The molecule has 4 nitrogen and oxygen atoms in total. The first-order valence-electron chi connectivity index (χ1n) is 5.24. The van der Waals surface area contributed by atoms with Gasteiger partial charge in [-0.3, -0.25) is 4.40 Å². The van der Waals surface area contributed by atoms with E-state index in [-0.39, 0.29) is 0 Å². The molecule has 2 aromatic heterocycles. The van der Waals surface area contributed by atoms with Crippen molar-refractivity contribution >= 4 is 5.65 Å². The van der Waals surface area contributed by atoms with E-state index in [2.05, 4.69) is 28.4 Å². The Hall–Kier alpha value is -1.42. The highest BCUT2D eigenvalue weighted by Gasteiger charge is 2.09. The number of hydrogen-bond donors (Lipinski definition) is 1. The molecular formula is C11H16N4. The van der Waals surface area contributed by atoms with E-state index >= 15 is 0 Å². The number of fused-ring (bicyclic) bond motifs is 1. The standard InChI is InChI=1S/C11H16N4/c1-8(2)6-11-14-13-10-5-3-4-9(7-12)15(10)11/h3-5,8H,6-7,12H2,1-2H3. The minimum absolute atomic E-state index is 0.514. The molecule has 0 aliphatic rings. The van der Waals surface area contributed by atoms with Crippen LogP contribution in [0.1, 0.15) is 25.4 Å². The third kappa shape index (κ3) is 1.85. The zero-order chi connectivity index (χ0) is 10.8. The molecule has 0 unspecified atom stereocenters. The summed E-state index contributed by atoms with van der Waals surface area (Å²) < 4.78 is 2.06. The van der Waals surface area contributed by atoms with Crippen LogP contribution in [0.5, 0.6) is 0 Å². The summed E-state index contributed by atoms with van der Waals surface area (Å²) in [5.41, 5.74) is 7.64. The Kier molecular flexibility index (Phi) is 2.68. The smallest absolute Gasteiger partial charge is 0.161 e. The zero-order valence-electron chi connectivity index (χ0n) is 9.14. The van der Waals surface area contributed by atoms with Gasteiger partial charge in [-0.25, -0.2) is 0 Å². The fourth-order valence-corrected chi connectivity index (χ4v) is 1.73. The first-order chi connectivity index (χ1) is 7.22. The van der Waals surface area contributed by atoms with E-state index in [1.165, 1.54) is 0 Å². The summed E-state index contributed by atoms with van der Waals surface area (Å²) in [4.78, 5) is 0. The van der Waals surface area contributed by atoms with Crippen LogP contribution in [-0.4, -0.2) is 14.6 Å².